The van der Waals surface area contributed by atoms with Gasteiger partial charge in [0.2, 0.25) is 0 Å². The predicted molar refractivity (Wildman–Crippen MR) is 89.2 cm³/mol. The predicted octanol–water partition coefficient (Wildman–Crippen LogP) is 3.47. The maximum atomic E-state index is 12.7. The second-order valence-electron chi connectivity index (χ2n) is 5.67. The first kappa shape index (κ1) is 15.1. The van der Waals surface area contributed by atoms with E-state index >= 15 is 0 Å². The summed E-state index contributed by atoms with van der Waals surface area (Å²) in [7, 11) is 2.11. The van der Waals surface area contributed by atoms with Gasteiger partial charge in [-0.25, -0.2) is 0 Å². The summed E-state index contributed by atoms with van der Waals surface area (Å²) in [5, 5.41) is 0.650. The summed E-state index contributed by atoms with van der Waals surface area (Å²) >= 11 is 5.89. The summed E-state index contributed by atoms with van der Waals surface area (Å²) in [5.41, 5.74) is 1.94. The molecule has 0 N–H and O–H groups in total. The molecular formula is C18H19ClN2O. The summed E-state index contributed by atoms with van der Waals surface area (Å²) in [4.78, 5) is 16.9. The van der Waals surface area contributed by atoms with Gasteiger partial charge in [-0.15, -0.1) is 0 Å². The Labute approximate surface area is 136 Å². The van der Waals surface area contributed by atoms with Crippen molar-refractivity contribution in [3.8, 4) is 0 Å². The summed E-state index contributed by atoms with van der Waals surface area (Å²) in [6.07, 6.45) is 0. The van der Waals surface area contributed by atoms with Crippen molar-refractivity contribution in [3.05, 3.63) is 70.7 Å². The monoisotopic (exact) mass is 314 g/mol. The number of benzene rings is 2. The van der Waals surface area contributed by atoms with E-state index in [1.807, 2.05) is 23.1 Å². The van der Waals surface area contributed by atoms with Gasteiger partial charge >= 0.3 is 0 Å². The standard InChI is InChI=1S/C18H19ClN2O/c1-20-11-12-21(13-17(20)14-5-3-2-4-6-14)18(22)15-7-9-16(19)10-8-15/h2-10,17H,11-13H2,1H3. The Hall–Kier alpha value is -1.84. The Morgan fingerprint density at radius 1 is 1.05 bits per heavy atom. The van der Waals surface area contributed by atoms with E-state index in [-0.39, 0.29) is 11.9 Å². The Balaban J connectivity index is 1.78. The fourth-order valence-electron chi connectivity index (χ4n) is 2.87. The molecule has 1 aliphatic rings. The lowest BCUT2D eigenvalue weighted by atomic mass is 10.0. The van der Waals surface area contributed by atoms with Crippen molar-refractivity contribution in [2.75, 3.05) is 26.7 Å². The molecule has 2 aromatic rings. The number of likely N-dealkylation sites (N-methyl/N-ethyl adjacent to an activating group) is 1. The first-order chi connectivity index (χ1) is 10.6. The van der Waals surface area contributed by atoms with E-state index in [4.69, 9.17) is 11.6 Å². The van der Waals surface area contributed by atoms with Crippen LogP contribution in [0.2, 0.25) is 5.02 Å². The van der Waals surface area contributed by atoms with Gasteiger partial charge < -0.3 is 4.90 Å². The third kappa shape index (κ3) is 3.16. The van der Waals surface area contributed by atoms with E-state index in [1.54, 1.807) is 24.3 Å². The van der Waals surface area contributed by atoms with Crippen LogP contribution in [-0.4, -0.2) is 42.4 Å². The molecule has 1 unspecified atom stereocenters. The maximum Gasteiger partial charge on any atom is 0.253 e. The highest BCUT2D eigenvalue weighted by Gasteiger charge is 2.28. The van der Waals surface area contributed by atoms with Crippen LogP contribution in [0.3, 0.4) is 0 Å². The molecule has 0 aromatic heterocycles. The second-order valence-corrected chi connectivity index (χ2v) is 6.10. The Morgan fingerprint density at radius 2 is 1.73 bits per heavy atom. The van der Waals surface area contributed by atoms with Crippen LogP contribution in [0.1, 0.15) is 22.0 Å². The number of halogens is 1. The Bertz CT molecular complexity index is 642. The lowest BCUT2D eigenvalue weighted by Gasteiger charge is -2.39. The van der Waals surface area contributed by atoms with Crippen molar-refractivity contribution in [3.63, 3.8) is 0 Å². The molecule has 1 fully saturated rings. The lowest BCUT2D eigenvalue weighted by molar-refractivity contribution is 0.0546. The lowest BCUT2D eigenvalue weighted by Crippen LogP contribution is -2.49. The molecule has 0 aliphatic carbocycles. The average Bonchev–Trinajstić information content (AvgIpc) is 2.56. The van der Waals surface area contributed by atoms with Gasteiger partial charge in [-0.3, -0.25) is 9.69 Å². The molecule has 2 aromatic carbocycles. The fourth-order valence-corrected chi connectivity index (χ4v) is 2.99. The number of piperazine rings is 1. The molecule has 0 spiro atoms. The van der Waals surface area contributed by atoms with Gasteiger partial charge in [-0.05, 0) is 36.9 Å². The van der Waals surface area contributed by atoms with Crippen LogP contribution in [0, 0.1) is 0 Å². The van der Waals surface area contributed by atoms with E-state index < -0.39 is 0 Å². The van der Waals surface area contributed by atoms with Gasteiger partial charge in [-0.1, -0.05) is 41.9 Å². The van der Waals surface area contributed by atoms with Crippen LogP contribution in [0.25, 0.3) is 0 Å². The van der Waals surface area contributed by atoms with Crippen LogP contribution in [0.5, 0.6) is 0 Å². The summed E-state index contributed by atoms with van der Waals surface area (Å²) in [6.45, 7) is 2.34. The van der Waals surface area contributed by atoms with Gasteiger partial charge in [0.15, 0.2) is 0 Å². The van der Waals surface area contributed by atoms with Crippen molar-refractivity contribution in [1.29, 1.82) is 0 Å². The molecule has 4 heteroatoms. The maximum absolute atomic E-state index is 12.7. The molecule has 0 bridgehead atoms. The van der Waals surface area contributed by atoms with Crippen LogP contribution in [0.15, 0.2) is 54.6 Å². The Kier molecular flexibility index (Phi) is 4.46. The van der Waals surface area contributed by atoms with Crippen molar-refractivity contribution in [1.82, 2.24) is 9.80 Å². The highest BCUT2D eigenvalue weighted by molar-refractivity contribution is 6.30. The molecule has 1 amide bonds. The van der Waals surface area contributed by atoms with Crippen LogP contribution in [-0.2, 0) is 0 Å². The minimum Gasteiger partial charge on any atom is -0.335 e. The van der Waals surface area contributed by atoms with Crippen molar-refractivity contribution in [2.24, 2.45) is 0 Å². The first-order valence-corrected chi connectivity index (χ1v) is 7.83. The summed E-state index contributed by atoms with van der Waals surface area (Å²) < 4.78 is 0. The van der Waals surface area contributed by atoms with E-state index in [0.29, 0.717) is 17.1 Å². The Morgan fingerprint density at radius 3 is 2.41 bits per heavy atom. The third-order valence-corrected chi connectivity index (χ3v) is 4.46. The topological polar surface area (TPSA) is 23.6 Å². The van der Waals surface area contributed by atoms with Crippen molar-refractivity contribution in [2.45, 2.75) is 6.04 Å². The summed E-state index contributed by atoms with van der Waals surface area (Å²) in [6, 6.07) is 17.7. The molecule has 0 saturated carbocycles. The highest BCUT2D eigenvalue weighted by Crippen LogP contribution is 2.25. The molecule has 1 atom stereocenters. The molecule has 114 valence electrons. The van der Waals surface area contributed by atoms with Gasteiger partial charge in [0, 0.05) is 30.2 Å². The van der Waals surface area contributed by atoms with Gasteiger partial charge in [-0.2, -0.15) is 0 Å². The smallest absolute Gasteiger partial charge is 0.253 e. The fraction of sp³-hybridized carbons (Fsp3) is 0.278. The van der Waals surface area contributed by atoms with E-state index in [0.717, 1.165) is 13.1 Å². The molecule has 3 nitrogen and oxygen atoms in total. The van der Waals surface area contributed by atoms with Crippen LogP contribution >= 0.6 is 11.6 Å². The molecule has 1 aliphatic heterocycles. The second kappa shape index (κ2) is 6.51. The quantitative estimate of drug-likeness (QED) is 0.847. The third-order valence-electron chi connectivity index (χ3n) is 4.21. The number of hydrogen-bond donors (Lipinski definition) is 0. The molecule has 1 heterocycles. The normalized spacial score (nSPS) is 19.2. The average molecular weight is 315 g/mol. The van der Waals surface area contributed by atoms with Crippen molar-refractivity contribution < 1.29 is 4.79 Å². The zero-order chi connectivity index (χ0) is 15.5. The van der Waals surface area contributed by atoms with E-state index in [2.05, 4.69) is 24.1 Å². The molecule has 22 heavy (non-hydrogen) atoms. The largest absolute Gasteiger partial charge is 0.335 e. The molecule has 1 saturated heterocycles. The molecule has 0 radical (unpaired) electrons. The van der Waals surface area contributed by atoms with Gasteiger partial charge in [0.25, 0.3) is 5.91 Å². The van der Waals surface area contributed by atoms with Crippen LogP contribution < -0.4 is 0 Å². The highest BCUT2D eigenvalue weighted by atomic mass is 35.5. The zero-order valence-electron chi connectivity index (χ0n) is 12.6. The first-order valence-electron chi connectivity index (χ1n) is 7.45. The molecule has 3 rings (SSSR count). The molecular weight excluding hydrogens is 296 g/mol. The zero-order valence-corrected chi connectivity index (χ0v) is 13.3. The minimum absolute atomic E-state index is 0.0747. The number of rotatable bonds is 2. The number of amides is 1. The summed E-state index contributed by atoms with van der Waals surface area (Å²) in [5.74, 6) is 0.0747. The SMILES string of the molecule is CN1CCN(C(=O)c2ccc(Cl)cc2)CC1c1ccccc1. The number of nitrogens with zero attached hydrogens (tertiary/aromatic N) is 2. The van der Waals surface area contributed by atoms with Crippen molar-refractivity contribution >= 4 is 17.5 Å². The number of carbonyl (C=O) groups is 1. The minimum atomic E-state index is 0.0747. The van der Waals surface area contributed by atoms with Crippen LogP contribution in [0.4, 0.5) is 0 Å². The van der Waals surface area contributed by atoms with Gasteiger partial charge in [0.05, 0.1) is 6.04 Å². The number of carbonyl (C=O) groups excluding carboxylic acids is 1. The number of hydrogen-bond acceptors (Lipinski definition) is 2. The van der Waals surface area contributed by atoms with E-state index in [9.17, 15) is 4.79 Å². The van der Waals surface area contributed by atoms with Gasteiger partial charge in [0.1, 0.15) is 0 Å². The van der Waals surface area contributed by atoms with E-state index in [1.165, 1.54) is 5.56 Å².